The molecule has 18 heavy (non-hydrogen) atoms. The number of aliphatic hydroxyl groups excluding tert-OH is 3. The first-order valence-electron chi connectivity index (χ1n) is 5.43. The third-order valence-corrected chi connectivity index (χ3v) is 3.12. The van der Waals surface area contributed by atoms with Crippen LogP contribution in [0, 0.1) is 0 Å². The molecule has 0 unspecified atom stereocenters. The number of halogens is 1. The summed E-state index contributed by atoms with van der Waals surface area (Å²) in [5.74, 6) is -0.366. The SMILES string of the molecule is O=C(Cc1ccc(Br)cc1)NC(CO)(CO)CO. The highest BCUT2D eigenvalue weighted by Crippen LogP contribution is 2.11. The van der Waals surface area contributed by atoms with Gasteiger partial charge in [0.2, 0.25) is 5.91 Å². The van der Waals surface area contributed by atoms with E-state index in [0.29, 0.717) is 0 Å². The fraction of sp³-hybridized carbons (Fsp3) is 0.417. The van der Waals surface area contributed by atoms with Crippen LogP contribution in [0.15, 0.2) is 28.7 Å². The van der Waals surface area contributed by atoms with Crippen molar-refractivity contribution in [1.82, 2.24) is 5.32 Å². The molecule has 100 valence electrons. The van der Waals surface area contributed by atoms with Gasteiger partial charge < -0.3 is 20.6 Å². The second kappa shape index (κ2) is 6.84. The minimum absolute atomic E-state index is 0.120. The van der Waals surface area contributed by atoms with E-state index in [1.54, 1.807) is 12.1 Å². The first-order valence-corrected chi connectivity index (χ1v) is 6.22. The third kappa shape index (κ3) is 4.06. The maximum absolute atomic E-state index is 11.7. The summed E-state index contributed by atoms with van der Waals surface area (Å²) in [6.45, 7) is -1.57. The Hall–Kier alpha value is -0.950. The Bertz CT molecular complexity index is 381. The van der Waals surface area contributed by atoms with E-state index < -0.39 is 25.4 Å². The van der Waals surface area contributed by atoms with Crippen molar-refractivity contribution in [2.24, 2.45) is 0 Å². The van der Waals surface area contributed by atoms with E-state index in [9.17, 15) is 4.79 Å². The van der Waals surface area contributed by atoms with E-state index >= 15 is 0 Å². The Morgan fingerprint density at radius 1 is 1.11 bits per heavy atom. The number of aliphatic hydroxyl groups is 3. The maximum Gasteiger partial charge on any atom is 0.225 e. The number of nitrogens with one attached hydrogen (secondary N) is 1. The predicted octanol–water partition coefficient (Wildman–Crippen LogP) is -0.177. The van der Waals surface area contributed by atoms with E-state index in [4.69, 9.17) is 15.3 Å². The van der Waals surface area contributed by atoms with Gasteiger partial charge in [-0.25, -0.2) is 0 Å². The molecule has 5 nitrogen and oxygen atoms in total. The number of hydrogen-bond donors (Lipinski definition) is 4. The lowest BCUT2D eigenvalue weighted by Crippen LogP contribution is -2.57. The van der Waals surface area contributed by atoms with Crippen molar-refractivity contribution in [3.8, 4) is 0 Å². The third-order valence-electron chi connectivity index (χ3n) is 2.59. The van der Waals surface area contributed by atoms with Gasteiger partial charge in [-0.1, -0.05) is 28.1 Å². The smallest absolute Gasteiger partial charge is 0.225 e. The minimum atomic E-state index is -1.37. The lowest BCUT2D eigenvalue weighted by atomic mass is 10.0. The molecule has 0 spiro atoms. The van der Waals surface area contributed by atoms with Crippen LogP contribution in [-0.4, -0.2) is 46.6 Å². The molecule has 4 N–H and O–H groups in total. The van der Waals surface area contributed by atoms with Crippen molar-refractivity contribution >= 4 is 21.8 Å². The Labute approximate surface area is 114 Å². The molecule has 0 aliphatic heterocycles. The zero-order valence-electron chi connectivity index (χ0n) is 9.77. The molecule has 0 aromatic heterocycles. The summed E-state index contributed by atoms with van der Waals surface area (Å²) in [5, 5.41) is 29.7. The molecule has 0 atom stereocenters. The first-order chi connectivity index (χ1) is 8.55. The normalized spacial score (nSPS) is 11.3. The van der Waals surface area contributed by atoms with Crippen molar-refractivity contribution in [2.75, 3.05) is 19.8 Å². The van der Waals surface area contributed by atoms with Crippen LogP contribution in [0.2, 0.25) is 0 Å². The summed E-state index contributed by atoms with van der Waals surface area (Å²) in [5.41, 5.74) is -0.565. The van der Waals surface area contributed by atoms with Crippen LogP contribution in [0.5, 0.6) is 0 Å². The Balaban J connectivity index is 2.63. The number of hydrogen-bond acceptors (Lipinski definition) is 4. The number of carbonyl (C=O) groups is 1. The van der Waals surface area contributed by atoms with E-state index in [-0.39, 0.29) is 12.3 Å². The molecule has 0 saturated carbocycles. The van der Waals surface area contributed by atoms with Crippen LogP contribution in [0.3, 0.4) is 0 Å². The second-order valence-corrected chi connectivity index (χ2v) is 5.02. The highest BCUT2D eigenvalue weighted by Gasteiger charge is 2.29. The molecule has 0 aliphatic rings. The highest BCUT2D eigenvalue weighted by atomic mass is 79.9. The van der Waals surface area contributed by atoms with Crippen molar-refractivity contribution < 1.29 is 20.1 Å². The standard InChI is InChI=1S/C12H16BrNO4/c13-10-3-1-9(2-4-10)5-11(18)14-12(6-15,7-16)8-17/h1-4,15-17H,5-8H2,(H,14,18). The molecule has 0 heterocycles. The lowest BCUT2D eigenvalue weighted by molar-refractivity contribution is -0.124. The predicted molar refractivity (Wildman–Crippen MR) is 70.0 cm³/mol. The summed E-state index contributed by atoms with van der Waals surface area (Å²) in [7, 11) is 0. The fourth-order valence-electron chi connectivity index (χ4n) is 1.40. The topological polar surface area (TPSA) is 89.8 Å². The lowest BCUT2D eigenvalue weighted by Gasteiger charge is -2.28. The summed E-state index contributed by atoms with van der Waals surface area (Å²) in [6, 6.07) is 7.23. The molecule has 0 bridgehead atoms. The molecular formula is C12H16BrNO4. The monoisotopic (exact) mass is 317 g/mol. The number of amides is 1. The van der Waals surface area contributed by atoms with E-state index in [0.717, 1.165) is 10.0 Å². The number of benzene rings is 1. The van der Waals surface area contributed by atoms with Crippen molar-refractivity contribution in [3.05, 3.63) is 34.3 Å². The van der Waals surface area contributed by atoms with Crippen molar-refractivity contribution in [1.29, 1.82) is 0 Å². The van der Waals surface area contributed by atoms with Crippen LogP contribution in [0.25, 0.3) is 0 Å². The minimum Gasteiger partial charge on any atom is -0.394 e. The Kier molecular flexibility index (Phi) is 5.74. The highest BCUT2D eigenvalue weighted by molar-refractivity contribution is 9.10. The summed E-state index contributed by atoms with van der Waals surface area (Å²) in [4.78, 5) is 11.7. The summed E-state index contributed by atoms with van der Waals surface area (Å²) < 4.78 is 0.919. The largest absolute Gasteiger partial charge is 0.394 e. The summed E-state index contributed by atoms with van der Waals surface area (Å²) in [6.07, 6.45) is 0.120. The zero-order chi connectivity index (χ0) is 13.6. The molecule has 1 aromatic rings. The van der Waals surface area contributed by atoms with Gasteiger partial charge in [0, 0.05) is 4.47 Å². The average Bonchev–Trinajstić information content (AvgIpc) is 2.39. The van der Waals surface area contributed by atoms with Gasteiger partial charge in [-0.3, -0.25) is 4.79 Å². The zero-order valence-corrected chi connectivity index (χ0v) is 11.4. The van der Waals surface area contributed by atoms with E-state index in [1.165, 1.54) is 0 Å². The average molecular weight is 318 g/mol. The van der Waals surface area contributed by atoms with Gasteiger partial charge in [0.05, 0.1) is 26.2 Å². The van der Waals surface area contributed by atoms with Gasteiger partial charge >= 0.3 is 0 Å². The Morgan fingerprint density at radius 2 is 1.61 bits per heavy atom. The second-order valence-electron chi connectivity index (χ2n) is 4.11. The Morgan fingerprint density at radius 3 is 2.06 bits per heavy atom. The van der Waals surface area contributed by atoms with E-state index in [2.05, 4.69) is 21.2 Å². The van der Waals surface area contributed by atoms with Gasteiger partial charge in [0.1, 0.15) is 5.54 Å². The molecule has 1 amide bonds. The van der Waals surface area contributed by atoms with Crippen LogP contribution >= 0.6 is 15.9 Å². The molecule has 0 radical (unpaired) electrons. The van der Waals surface area contributed by atoms with Crippen LogP contribution < -0.4 is 5.32 Å². The quantitative estimate of drug-likeness (QED) is 0.586. The molecule has 1 rings (SSSR count). The molecule has 0 fully saturated rings. The van der Waals surface area contributed by atoms with Crippen molar-refractivity contribution in [3.63, 3.8) is 0 Å². The van der Waals surface area contributed by atoms with Crippen molar-refractivity contribution in [2.45, 2.75) is 12.0 Å². The van der Waals surface area contributed by atoms with Gasteiger partial charge in [-0.05, 0) is 17.7 Å². The summed E-state index contributed by atoms with van der Waals surface area (Å²) >= 11 is 3.29. The first kappa shape index (κ1) is 15.1. The number of rotatable bonds is 6. The molecule has 0 saturated heterocycles. The molecule has 0 aliphatic carbocycles. The van der Waals surface area contributed by atoms with Crippen LogP contribution in [-0.2, 0) is 11.2 Å². The van der Waals surface area contributed by atoms with Gasteiger partial charge in [0.25, 0.3) is 0 Å². The van der Waals surface area contributed by atoms with Gasteiger partial charge in [0.15, 0.2) is 0 Å². The molecular weight excluding hydrogens is 302 g/mol. The molecule has 1 aromatic carbocycles. The van der Waals surface area contributed by atoms with Crippen LogP contribution in [0.1, 0.15) is 5.56 Å². The van der Waals surface area contributed by atoms with Gasteiger partial charge in [-0.15, -0.1) is 0 Å². The van der Waals surface area contributed by atoms with Crippen LogP contribution in [0.4, 0.5) is 0 Å². The number of carbonyl (C=O) groups excluding carboxylic acids is 1. The van der Waals surface area contributed by atoms with Gasteiger partial charge in [-0.2, -0.15) is 0 Å². The maximum atomic E-state index is 11.7. The molecule has 6 heteroatoms. The fourth-order valence-corrected chi connectivity index (χ4v) is 1.66. The van der Waals surface area contributed by atoms with E-state index in [1.807, 2.05) is 12.1 Å².